The summed E-state index contributed by atoms with van der Waals surface area (Å²) in [7, 11) is 1.24. The van der Waals surface area contributed by atoms with Crippen molar-refractivity contribution in [1.82, 2.24) is 0 Å². The summed E-state index contributed by atoms with van der Waals surface area (Å²) in [5, 5.41) is 1.47. The largest absolute Gasteiger partial charge is 0.465 e. The van der Waals surface area contributed by atoms with E-state index in [0.29, 0.717) is 0 Å². The monoisotopic (exact) mass is 319 g/mol. The highest BCUT2D eigenvalue weighted by molar-refractivity contribution is 7.12. The Labute approximate surface area is 130 Å². The number of methoxy groups -OCH3 is 1. The lowest BCUT2D eigenvalue weighted by molar-refractivity contribution is 0.0593. The Kier molecular flexibility index (Phi) is 4.57. The number of hydrogen-bond acceptors (Lipinski definition) is 6. The van der Waals surface area contributed by atoms with Crippen molar-refractivity contribution >= 4 is 29.2 Å². The van der Waals surface area contributed by atoms with Gasteiger partial charge in [-0.25, -0.2) is 9.59 Å². The van der Waals surface area contributed by atoms with Crippen LogP contribution in [0, 0.1) is 6.92 Å². The number of hydrogen-bond donors (Lipinski definition) is 1. The van der Waals surface area contributed by atoms with Gasteiger partial charge in [0.05, 0.1) is 12.7 Å². The number of carbonyl (C=O) groups excluding carboxylic acids is 3. The average molecular weight is 319 g/mol. The Morgan fingerprint density at radius 2 is 1.86 bits per heavy atom. The molecule has 2 aromatic rings. The molecule has 0 saturated carbocycles. The first kappa shape index (κ1) is 15.7. The minimum Gasteiger partial charge on any atom is -0.465 e. The Hall–Kier alpha value is -2.67. The minimum atomic E-state index is -0.675. The molecular weight excluding hydrogens is 306 g/mol. The number of thiophene rings is 1. The normalized spacial score (nSPS) is 10.1. The van der Waals surface area contributed by atoms with Crippen LogP contribution < -0.4 is 10.5 Å². The molecule has 0 bridgehead atoms. The summed E-state index contributed by atoms with van der Waals surface area (Å²) in [6, 6.07) is 6.14. The molecule has 1 amide bonds. The van der Waals surface area contributed by atoms with Crippen molar-refractivity contribution in [1.29, 1.82) is 0 Å². The van der Waals surface area contributed by atoms with Gasteiger partial charge in [-0.1, -0.05) is 6.07 Å². The maximum absolute atomic E-state index is 12.1. The smallest absolute Gasteiger partial charge is 0.353 e. The molecule has 7 heteroatoms. The Morgan fingerprint density at radius 1 is 1.14 bits per heavy atom. The molecule has 0 saturated heterocycles. The van der Waals surface area contributed by atoms with Crippen LogP contribution in [-0.2, 0) is 4.74 Å². The van der Waals surface area contributed by atoms with Crippen molar-refractivity contribution in [2.24, 2.45) is 5.73 Å². The van der Waals surface area contributed by atoms with Crippen LogP contribution >= 0.6 is 11.3 Å². The van der Waals surface area contributed by atoms with Gasteiger partial charge in [-0.05, 0) is 30.7 Å². The van der Waals surface area contributed by atoms with Crippen LogP contribution in [0.4, 0.5) is 0 Å². The molecule has 0 unspecified atom stereocenters. The van der Waals surface area contributed by atoms with E-state index in [1.165, 1.54) is 24.6 Å². The third-order valence-corrected chi connectivity index (χ3v) is 3.74. The number of aryl methyl sites for hydroxylation is 1. The highest BCUT2D eigenvalue weighted by Crippen LogP contribution is 2.23. The standard InChI is InChI=1S/C15H13NO5S/c1-8-3-4-11(10(5-8)14(18)20-2)21-15(19)12-6-9(7-22-12)13(16)17/h3-7H,1-2H3,(H2,16,17). The van der Waals surface area contributed by atoms with Gasteiger partial charge in [0.2, 0.25) is 5.91 Å². The van der Waals surface area contributed by atoms with E-state index in [-0.39, 0.29) is 21.8 Å². The molecule has 0 aliphatic carbocycles. The van der Waals surface area contributed by atoms with Crippen molar-refractivity contribution in [3.05, 3.63) is 51.2 Å². The molecule has 22 heavy (non-hydrogen) atoms. The second kappa shape index (κ2) is 6.40. The van der Waals surface area contributed by atoms with Crippen molar-refractivity contribution in [2.75, 3.05) is 7.11 Å². The summed E-state index contributed by atoms with van der Waals surface area (Å²) in [4.78, 5) is 35.1. The van der Waals surface area contributed by atoms with Crippen LogP contribution in [0.1, 0.15) is 36.0 Å². The van der Waals surface area contributed by atoms with Crippen LogP contribution in [0.25, 0.3) is 0 Å². The number of nitrogens with two attached hydrogens (primary N) is 1. The zero-order chi connectivity index (χ0) is 16.3. The van der Waals surface area contributed by atoms with E-state index in [4.69, 9.17) is 10.5 Å². The predicted molar refractivity (Wildman–Crippen MR) is 80.3 cm³/mol. The van der Waals surface area contributed by atoms with Gasteiger partial charge in [-0.2, -0.15) is 0 Å². The zero-order valence-corrected chi connectivity index (χ0v) is 12.7. The topological polar surface area (TPSA) is 95.7 Å². The van der Waals surface area contributed by atoms with Crippen LogP contribution in [0.5, 0.6) is 5.75 Å². The van der Waals surface area contributed by atoms with Crippen molar-refractivity contribution in [3.8, 4) is 5.75 Å². The van der Waals surface area contributed by atoms with Crippen molar-refractivity contribution in [3.63, 3.8) is 0 Å². The first-order valence-electron chi connectivity index (χ1n) is 6.22. The summed E-state index contributed by atoms with van der Waals surface area (Å²) >= 11 is 1.04. The maximum Gasteiger partial charge on any atom is 0.353 e. The lowest BCUT2D eigenvalue weighted by atomic mass is 10.1. The van der Waals surface area contributed by atoms with Crippen molar-refractivity contribution in [2.45, 2.75) is 6.92 Å². The van der Waals surface area contributed by atoms with E-state index in [2.05, 4.69) is 4.74 Å². The highest BCUT2D eigenvalue weighted by Gasteiger charge is 2.19. The van der Waals surface area contributed by atoms with E-state index in [1.807, 2.05) is 0 Å². The quantitative estimate of drug-likeness (QED) is 0.688. The first-order valence-corrected chi connectivity index (χ1v) is 7.10. The van der Waals surface area contributed by atoms with Crippen LogP contribution in [0.15, 0.2) is 29.6 Å². The molecule has 0 fully saturated rings. The van der Waals surface area contributed by atoms with Crippen LogP contribution in [0.3, 0.4) is 0 Å². The van der Waals surface area contributed by atoms with Gasteiger partial charge in [0.15, 0.2) is 0 Å². The molecule has 6 nitrogen and oxygen atoms in total. The van der Waals surface area contributed by atoms with E-state index in [9.17, 15) is 14.4 Å². The Balaban J connectivity index is 2.27. The molecule has 0 spiro atoms. The van der Waals surface area contributed by atoms with E-state index in [1.54, 1.807) is 19.1 Å². The summed E-state index contributed by atoms with van der Waals surface area (Å²) in [6.45, 7) is 1.80. The molecule has 1 aromatic carbocycles. The van der Waals surface area contributed by atoms with Crippen LogP contribution in [-0.4, -0.2) is 25.0 Å². The van der Waals surface area contributed by atoms with Gasteiger partial charge in [0.25, 0.3) is 0 Å². The molecule has 0 radical (unpaired) electrons. The molecule has 0 atom stereocenters. The lowest BCUT2D eigenvalue weighted by Gasteiger charge is -2.08. The van der Waals surface area contributed by atoms with E-state index < -0.39 is 17.8 Å². The molecule has 1 heterocycles. The number of benzene rings is 1. The third-order valence-electron chi connectivity index (χ3n) is 2.83. The predicted octanol–water partition coefficient (Wildman–Crippen LogP) is 2.16. The number of primary amides is 1. The van der Waals surface area contributed by atoms with Crippen LogP contribution in [0.2, 0.25) is 0 Å². The molecule has 0 aliphatic heterocycles. The molecule has 1 aromatic heterocycles. The number of rotatable bonds is 4. The number of ether oxygens (including phenoxy) is 2. The first-order chi connectivity index (χ1) is 10.4. The fourth-order valence-corrected chi connectivity index (χ4v) is 2.50. The SMILES string of the molecule is COC(=O)c1cc(C)ccc1OC(=O)c1cc(C(N)=O)cs1. The summed E-state index contributed by atoms with van der Waals surface area (Å²) in [5.74, 6) is -1.81. The van der Waals surface area contributed by atoms with Gasteiger partial charge in [0.1, 0.15) is 16.2 Å². The van der Waals surface area contributed by atoms with Crippen molar-refractivity contribution < 1.29 is 23.9 Å². The molecule has 2 N–H and O–H groups in total. The van der Waals surface area contributed by atoms with Gasteiger partial charge in [-0.15, -0.1) is 11.3 Å². The maximum atomic E-state index is 12.1. The van der Waals surface area contributed by atoms with Gasteiger partial charge in [0, 0.05) is 5.38 Å². The second-order valence-corrected chi connectivity index (χ2v) is 5.36. The average Bonchev–Trinajstić information content (AvgIpc) is 2.98. The molecule has 114 valence electrons. The third kappa shape index (κ3) is 3.32. The summed E-state index contributed by atoms with van der Waals surface area (Å²) in [6.07, 6.45) is 0. The summed E-state index contributed by atoms with van der Waals surface area (Å²) in [5.41, 5.74) is 6.34. The van der Waals surface area contributed by atoms with E-state index >= 15 is 0 Å². The minimum absolute atomic E-state index is 0.0940. The van der Waals surface area contributed by atoms with Gasteiger partial charge >= 0.3 is 11.9 Å². The molecule has 0 aliphatic rings. The van der Waals surface area contributed by atoms with Gasteiger partial charge < -0.3 is 15.2 Å². The molecule has 2 rings (SSSR count). The highest BCUT2D eigenvalue weighted by atomic mass is 32.1. The second-order valence-electron chi connectivity index (χ2n) is 4.44. The van der Waals surface area contributed by atoms with E-state index in [0.717, 1.165) is 16.9 Å². The Morgan fingerprint density at radius 3 is 2.45 bits per heavy atom. The van der Waals surface area contributed by atoms with Gasteiger partial charge in [-0.3, -0.25) is 4.79 Å². The Bertz CT molecular complexity index is 750. The zero-order valence-electron chi connectivity index (χ0n) is 11.9. The number of amides is 1. The lowest BCUT2D eigenvalue weighted by Crippen LogP contribution is -2.12. The number of esters is 2. The fraction of sp³-hybridized carbons (Fsp3) is 0.133. The number of carbonyl (C=O) groups is 3. The molecular formula is C15H13NO5S. The fourth-order valence-electron chi connectivity index (χ4n) is 1.72. The summed E-state index contributed by atoms with van der Waals surface area (Å²) < 4.78 is 9.89.